The highest BCUT2D eigenvalue weighted by atomic mass is 19.1. The van der Waals surface area contributed by atoms with Crippen LogP contribution in [0, 0.1) is 5.82 Å². The van der Waals surface area contributed by atoms with Gasteiger partial charge >= 0.3 is 5.97 Å². The van der Waals surface area contributed by atoms with Gasteiger partial charge in [-0.25, -0.2) is 9.18 Å². The molecule has 126 valence electrons. The van der Waals surface area contributed by atoms with Gasteiger partial charge in [0.1, 0.15) is 11.4 Å². The number of carbonyl (C=O) groups excluding carboxylic acids is 1. The summed E-state index contributed by atoms with van der Waals surface area (Å²) in [5.74, 6) is -0.670. The van der Waals surface area contributed by atoms with Crippen LogP contribution in [0.4, 0.5) is 4.39 Å². The molecule has 2 aromatic rings. The summed E-state index contributed by atoms with van der Waals surface area (Å²) in [5.41, 5.74) is 0.586. The molecule has 0 aliphatic carbocycles. The van der Waals surface area contributed by atoms with E-state index in [1.165, 1.54) is 12.1 Å². The second kappa shape index (κ2) is 7.55. The lowest BCUT2D eigenvalue weighted by Crippen LogP contribution is -2.48. The minimum absolute atomic E-state index is 0.200. The Morgan fingerprint density at radius 1 is 1.21 bits per heavy atom. The Bertz CT molecular complexity index is 684. The van der Waals surface area contributed by atoms with E-state index in [2.05, 4.69) is 5.32 Å². The van der Waals surface area contributed by atoms with Crippen LogP contribution in [-0.4, -0.2) is 32.3 Å². The molecule has 1 aliphatic rings. The average Bonchev–Trinajstić information content (AvgIpc) is 2.63. The number of ether oxygens (including phenoxy) is 2. The summed E-state index contributed by atoms with van der Waals surface area (Å²) >= 11 is 0. The zero-order valence-electron chi connectivity index (χ0n) is 13.3. The van der Waals surface area contributed by atoms with Gasteiger partial charge in [0, 0.05) is 19.5 Å². The molecule has 0 saturated carbocycles. The van der Waals surface area contributed by atoms with Crippen LogP contribution in [-0.2, 0) is 15.1 Å². The molecular weight excluding hydrogens is 309 g/mol. The quantitative estimate of drug-likeness (QED) is 0.857. The Morgan fingerprint density at radius 2 is 2.04 bits per heavy atom. The number of nitrogens with one attached hydrogen (secondary N) is 1. The molecule has 1 aliphatic heterocycles. The summed E-state index contributed by atoms with van der Waals surface area (Å²) in [5, 5.41) is 3.28. The lowest BCUT2D eigenvalue weighted by atomic mass is 9.89. The topological polar surface area (TPSA) is 47.6 Å². The normalized spacial score (nSPS) is 20.5. The Labute approximate surface area is 140 Å². The first-order valence-electron chi connectivity index (χ1n) is 8.02. The number of hydrogen-bond acceptors (Lipinski definition) is 4. The van der Waals surface area contributed by atoms with E-state index in [1.54, 1.807) is 30.3 Å². The van der Waals surface area contributed by atoms with Crippen LogP contribution in [0.25, 0.3) is 0 Å². The Hall–Kier alpha value is -2.24. The van der Waals surface area contributed by atoms with Gasteiger partial charge in [-0.05, 0) is 29.8 Å². The van der Waals surface area contributed by atoms with E-state index in [1.807, 2.05) is 12.1 Å². The van der Waals surface area contributed by atoms with Crippen LogP contribution in [0.2, 0.25) is 0 Å². The summed E-state index contributed by atoms with van der Waals surface area (Å²) in [6.45, 7) is 2.04. The highest BCUT2D eigenvalue weighted by Crippen LogP contribution is 2.31. The Kier molecular flexibility index (Phi) is 5.23. The van der Waals surface area contributed by atoms with Crippen LogP contribution < -0.4 is 5.32 Å². The van der Waals surface area contributed by atoms with Gasteiger partial charge in [0.05, 0.1) is 18.8 Å². The van der Waals surface area contributed by atoms with Crippen LogP contribution in [0.5, 0.6) is 0 Å². The van der Waals surface area contributed by atoms with Crippen molar-refractivity contribution in [2.45, 2.75) is 12.0 Å². The molecule has 0 amide bonds. The van der Waals surface area contributed by atoms with Crippen molar-refractivity contribution in [3.05, 3.63) is 71.5 Å². The Balaban J connectivity index is 1.68. The molecule has 1 fully saturated rings. The van der Waals surface area contributed by atoms with Crippen molar-refractivity contribution in [1.82, 2.24) is 5.32 Å². The van der Waals surface area contributed by atoms with E-state index in [-0.39, 0.29) is 18.4 Å². The van der Waals surface area contributed by atoms with Crippen molar-refractivity contribution in [2.75, 3.05) is 26.3 Å². The lowest BCUT2D eigenvalue weighted by Gasteiger charge is -2.38. The van der Waals surface area contributed by atoms with E-state index >= 15 is 0 Å². The first-order chi connectivity index (χ1) is 11.7. The third kappa shape index (κ3) is 3.80. The minimum Gasteiger partial charge on any atom is -0.462 e. The maximum absolute atomic E-state index is 13.6. The van der Waals surface area contributed by atoms with Crippen LogP contribution in [0.3, 0.4) is 0 Å². The molecule has 0 bridgehead atoms. The molecule has 0 radical (unpaired) electrons. The summed E-state index contributed by atoms with van der Waals surface area (Å²) in [7, 11) is 0. The Morgan fingerprint density at radius 3 is 2.75 bits per heavy atom. The lowest BCUT2D eigenvalue weighted by molar-refractivity contribution is -0.0854. The number of rotatable bonds is 5. The molecule has 0 spiro atoms. The predicted octanol–water partition coefficient (Wildman–Crippen LogP) is 2.89. The summed E-state index contributed by atoms with van der Waals surface area (Å²) < 4.78 is 24.9. The summed E-state index contributed by atoms with van der Waals surface area (Å²) in [6, 6.07) is 15.2. The summed E-state index contributed by atoms with van der Waals surface area (Å²) in [6.07, 6.45) is 0.460. The van der Waals surface area contributed by atoms with E-state index in [0.29, 0.717) is 25.1 Å². The van der Waals surface area contributed by atoms with Gasteiger partial charge in [-0.2, -0.15) is 0 Å². The monoisotopic (exact) mass is 329 g/mol. The average molecular weight is 329 g/mol. The van der Waals surface area contributed by atoms with Gasteiger partial charge < -0.3 is 14.8 Å². The zero-order chi connectivity index (χ0) is 16.8. The van der Waals surface area contributed by atoms with Crippen molar-refractivity contribution >= 4 is 5.97 Å². The highest BCUT2D eigenvalue weighted by Gasteiger charge is 2.35. The minimum atomic E-state index is -0.683. The maximum atomic E-state index is 13.6. The molecule has 2 aromatic carbocycles. The molecule has 5 heteroatoms. The van der Waals surface area contributed by atoms with Gasteiger partial charge in [0.25, 0.3) is 0 Å². The van der Waals surface area contributed by atoms with Crippen molar-refractivity contribution in [2.24, 2.45) is 0 Å². The fourth-order valence-corrected chi connectivity index (χ4v) is 2.89. The second-order valence-corrected chi connectivity index (χ2v) is 5.78. The van der Waals surface area contributed by atoms with Crippen LogP contribution in [0.15, 0.2) is 54.6 Å². The molecule has 1 N–H and O–H groups in total. The third-order valence-corrected chi connectivity index (χ3v) is 4.17. The number of esters is 1. The molecular formula is C19H20FNO3. The van der Waals surface area contributed by atoms with Crippen LogP contribution >= 0.6 is 0 Å². The van der Waals surface area contributed by atoms with E-state index in [9.17, 15) is 9.18 Å². The molecule has 1 heterocycles. The van der Waals surface area contributed by atoms with Crippen molar-refractivity contribution in [3.8, 4) is 0 Å². The molecule has 4 nitrogen and oxygen atoms in total. The number of halogens is 1. The van der Waals surface area contributed by atoms with E-state index < -0.39 is 5.60 Å². The molecule has 3 rings (SSSR count). The molecule has 1 saturated heterocycles. The fraction of sp³-hybridized carbons (Fsp3) is 0.316. The van der Waals surface area contributed by atoms with Gasteiger partial charge in [-0.3, -0.25) is 0 Å². The summed E-state index contributed by atoms with van der Waals surface area (Å²) in [4.78, 5) is 12.0. The first kappa shape index (κ1) is 16.6. The van der Waals surface area contributed by atoms with E-state index in [4.69, 9.17) is 9.47 Å². The number of hydrogen-bond donors (Lipinski definition) is 1. The third-order valence-electron chi connectivity index (χ3n) is 4.17. The highest BCUT2D eigenvalue weighted by molar-refractivity contribution is 5.89. The van der Waals surface area contributed by atoms with E-state index in [0.717, 1.165) is 12.1 Å². The molecule has 1 unspecified atom stereocenters. The van der Waals surface area contributed by atoms with Crippen LogP contribution in [0.1, 0.15) is 22.3 Å². The van der Waals surface area contributed by atoms with Crippen molar-refractivity contribution < 1.29 is 18.7 Å². The van der Waals surface area contributed by atoms with Gasteiger partial charge in [0.2, 0.25) is 0 Å². The smallest absolute Gasteiger partial charge is 0.338 e. The maximum Gasteiger partial charge on any atom is 0.338 e. The predicted molar refractivity (Wildman–Crippen MR) is 88.2 cm³/mol. The van der Waals surface area contributed by atoms with Gasteiger partial charge in [0.15, 0.2) is 0 Å². The molecule has 0 aromatic heterocycles. The first-order valence-corrected chi connectivity index (χ1v) is 8.02. The van der Waals surface area contributed by atoms with Gasteiger partial charge in [-0.15, -0.1) is 0 Å². The zero-order valence-corrected chi connectivity index (χ0v) is 13.3. The number of carbonyl (C=O) groups is 1. The van der Waals surface area contributed by atoms with Gasteiger partial charge in [-0.1, -0.05) is 30.3 Å². The van der Waals surface area contributed by atoms with Crippen molar-refractivity contribution in [3.63, 3.8) is 0 Å². The molecule has 1 atom stereocenters. The largest absolute Gasteiger partial charge is 0.462 e. The SMILES string of the molecule is O=C(OCCC1(c2cccc(F)c2)CNCCO1)c1ccccc1. The fourth-order valence-electron chi connectivity index (χ4n) is 2.89. The van der Waals surface area contributed by atoms with Crippen molar-refractivity contribution in [1.29, 1.82) is 0 Å². The number of benzene rings is 2. The standard InChI is InChI=1S/C19H20FNO3/c20-17-8-4-7-16(13-17)19(14-21-10-12-24-19)9-11-23-18(22)15-5-2-1-3-6-15/h1-8,13,21H,9-12,14H2. The number of morpholine rings is 1. The molecule has 24 heavy (non-hydrogen) atoms. The second-order valence-electron chi connectivity index (χ2n) is 5.78.